The number of benzene rings is 1. The second-order valence-electron chi connectivity index (χ2n) is 4.26. The minimum absolute atomic E-state index is 0.0649. The second kappa shape index (κ2) is 3.66. The minimum Gasteiger partial charge on any atom is -0.505 e. The Bertz CT molecular complexity index is 486. The molecule has 4 nitrogen and oxygen atoms in total. The third-order valence-corrected chi connectivity index (χ3v) is 3.21. The van der Waals surface area contributed by atoms with Crippen LogP contribution in [0, 0.1) is 11.6 Å². The molecule has 1 fully saturated rings. The molecule has 0 spiro atoms. The van der Waals surface area contributed by atoms with E-state index in [0.717, 1.165) is 6.07 Å². The Balaban J connectivity index is 2.51. The molecule has 0 bridgehead atoms. The highest BCUT2D eigenvalue weighted by Gasteiger charge is 2.54. The van der Waals surface area contributed by atoms with Crippen molar-refractivity contribution in [1.82, 2.24) is 0 Å². The highest BCUT2D eigenvalue weighted by molar-refractivity contribution is 5.77. The smallest absolute Gasteiger partial charge is 0.321 e. The lowest BCUT2D eigenvalue weighted by Crippen LogP contribution is -2.42. The van der Waals surface area contributed by atoms with Crippen molar-refractivity contribution in [3.05, 3.63) is 29.3 Å². The van der Waals surface area contributed by atoms with Gasteiger partial charge in [-0.15, -0.1) is 0 Å². The molecule has 1 aliphatic carbocycles. The quantitative estimate of drug-likeness (QED) is 0.742. The molecule has 0 heterocycles. The van der Waals surface area contributed by atoms with Gasteiger partial charge in [0, 0.05) is 17.0 Å². The average Bonchev–Trinajstić information content (AvgIpc) is 3.03. The number of phenolic OH excluding ortho intramolecular Hbond substituents is 1. The maximum atomic E-state index is 13.2. The summed E-state index contributed by atoms with van der Waals surface area (Å²) in [6, 6.07) is 0.199. The zero-order valence-electron chi connectivity index (χ0n) is 8.78. The molecule has 1 aliphatic rings. The van der Waals surface area contributed by atoms with Crippen LogP contribution in [0.4, 0.5) is 8.78 Å². The van der Waals surface area contributed by atoms with E-state index in [1.165, 1.54) is 0 Å². The molecule has 1 saturated carbocycles. The van der Waals surface area contributed by atoms with Gasteiger partial charge >= 0.3 is 5.97 Å². The molecule has 0 saturated heterocycles. The Hall–Kier alpha value is -1.69. The van der Waals surface area contributed by atoms with Gasteiger partial charge in [-0.25, -0.2) is 8.78 Å². The number of halogens is 2. The molecule has 6 heteroatoms. The molecule has 1 unspecified atom stereocenters. The summed E-state index contributed by atoms with van der Waals surface area (Å²) in [5.74, 6) is -3.95. The SMILES string of the molecule is NC(C(=O)O)C1(c2cc(F)cc(F)c2O)CC1. The summed E-state index contributed by atoms with van der Waals surface area (Å²) in [6.45, 7) is 0. The van der Waals surface area contributed by atoms with Crippen molar-refractivity contribution in [2.24, 2.45) is 5.73 Å². The molecule has 0 aliphatic heterocycles. The zero-order chi connectivity index (χ0) is 12.8. The molecular weight excluding hydrogens is 232 g/mol. The van der Waals surface area contributed by atoms with Crippen LogP contribution in [0.25, 0.3) is 0 Å². The van der Waals surface area contributed by atoms with E-state index in [1.54, 1.807) is 0 Å². The number of carbonyl (C=O) groups is 1. The van der Waals surface area contributed by atoms with Crippen LogP contribution in [-0.4, -0.2) is 22.2 Å². The van der Waals surface area contributed by atoms with Crippen LogP contribution >= 0.6 is 0 Å². The van der Waals surface area contributed by atoms with Gasteiger partial charge in [0.05, 0.1) is 0 Å². The highest BCUT2D eigenvalue weighted by atomic mass is 19.1. The summed E-state index contributed by atoms with van der Waals surface area (Å²) >= 11 is 0. The summed E-state index contributed by atoms with van der Waals surface area (Å²) in [7, 11) is 0. The van der Waals surface area contributed by atoms with E-state index in [0.29, 0.717) is 18.9 Å². The number of hydrogen-bond acceptors (Lipinski definition) is 3. The Morgan fingerprint density at radius 2 is 2.00 bits per heavy atom. The number of nitrogens with two attached hydrogens (primary N) is 1. The molecule has 1 aromatic rings. The van der Waals surface area contributed by atoms with Crippen LogP contribution in [0.3, 0.4) is 0 Å². The van der Waals surface area contributed by atoms with Gasteiger partial charge in [0.25, 0.3) is 0 Å². The molecule has 17 heavy (non-hydrogen) atoms. The lowest BCUT2D eigenvalue weighted by atomic mass is 9.87. The number of aliphatic carboxylic acids is 1. The number of carboxylic acids is 1. The Labute approximate surface area is 95.7 Å². The highest BCUT2D eigenvalue weighted by Crippen LogP contribution is 2.53. The summed E-state index contributed by atoms with van der Waals surface area (Å²) in [6.07, 6.45) is 0.772. The van der Waals surface area contributed by atoms with E-state index in [-0.39, 0.29) is 5.56 Å². The molecule has 0 radical (unpaired) electrons. The van der Waals surface area contributed by atoms with E-state index >= 15 is 0 Å². The van der Waals surface area contributed by atoms with Crippen molar-refractivity contribution < 1.29 is 23.8 Å². The van der Waals surface area contributed by atoms with Gasteiger partial charge in [-0.1, -0.05) is 0 Å². The number of carboxylic acid groups (broad SMARTS) is 1. The fourth-order valence-corrected chi connectivity index (χ4v) is 2.06. The minimum atomic E-state index is -1.28. The molecule has 0 aromatic heterocycles. The standard InChI is InChI=1S/C11H11F2NO3/c12-5-3-6(8(15)7(13)4-5)11(1-2-11)9(14)10(16)17/h3-4,9,15H,1-2,14H2,(H,16,17). The number of hydrogen-bond donors (Lipinski definition) is 3. The van der Waals surface area contributed by atoms with Crippen molar-refractivity contribution in [2.75, 3.05) is 0 Å². The molecule has 4 N–H and O–H groups in total. The van der Waals surface area contributed by atoms with Gasteiger partial charge in [0.1, 0.15) is 11.9 Å². The van der Waals surface area contributed by atoms with Crippen molar-refractivity contribution in [2.45, 2.75) is 24.3 Å². The van der Waals surface area contributed by atoms with Gasteiger partial charge < -0.3 is 15.9 Å². The maximum absolute atomic E-state index is 13.2. The van der Waals surface area contributed by atoms with Crippen molar-refractivity contribution >= 4 is 5.97 Å². The van der Waals surface area contributed by atoms with E-state index < -0.39 is 34.8 Å². The fourth-order valence-electron chi connectivity index (χ4n) is 2.06. The van der Waals surface area contributed by atoms with E-state index in [2.05, 4.69) is 0 Å². The largest absolute Gasteiger partial charge is 0.505 e. The maximum Gasteiger partial charge on any atom is 0.321 e. The number of phenols is 1. The fraction of sp³-hybridized carbons (Fsp3) is 0.364. The van der Waals surface area contributed by atoms with Gasteiger partial charge in [0.15, 0.2) is 11.6 Å². The first-order chi connectivity index (χ1) is 7.88. The first-order valence-electron chi connectivity index (χ1n) is 5.05. The Morgan fingerprint density at radius 1 is 1.41 bits per heavy atom. The lowest BCUT2D eigenvalue weighted by molar-refractivity contribution is -0.139. The van der Waals surface area contributed by atoms with Gasteiger partial charge in [0.2, 0.25) is 0 Å². The third kappa shape index (κ3) is 1.74. The predicted octanol–water partition coefficient (Wildman–Crippen LogP) is 1.11. The Kier molecular flexibility index (Phi) is 2.54. The summed E-state index contributed by atoms with van der Waals surface area (Å²) in [4.78, 5) is 10.8. The first-order valence-corrected chi connectivity index (χ1v) is 5.05. The van der Waals surface area contributed by atoms with Gasteiger partial charge in [-0.3, -0.25) is 4.79 Å². The molecule has 0 amide bonds. The van der Waals surface area contributed by atoms with Crippen LogP contribution in [-0.2, 0) is 10.2 Å². The van der Waals surface area contributed by atoms with Crippen molar-refractivity contribution in [3.63, 3.8) is 0 Å². The molecule has 1 atom stereocenters. The van der Waals surface area contributed by atoms with Gasteiger partial charge in [-0.2, -0.15) is 0 Å². The first kappa shape index (κ1) is 11.8. The van der Waals surface area contributed by atoms with E-state index in [9.17, 15) is 18.7 Å². The summed E-state index contributed by atoms with van der Waals surface area (Å²) < 4.78 is 26.3. The van der Waals surface area contributed by atoms with E-state index in [1.807, 2.05) is 0 Å². The lowest BCUT2D eigenvalue weighted by Gasteiger charge is -2.21. The molecule has 2 rings (SSSR count). The van der Waals surface area contributed by atoms with E-state index in [4.69, 9.17) is 10.8 Å². The second-order valence-corrected chi connectivity index (χ2v) is 4.26. The third-order valence-electron chi connectivity index (χ3n) is 3.21. The van der Waals surface area contributed by atoms with Crippen LogP contribution < -0.4 is 5.73 Å². The van der Waals surface area contributed by atoms with Crippen LogP contribution in [0.15, 0.2) is 12.1 Å². The van der Waals surface area contributed by atoms with Gasteiger partial charge in [-0.05, 0) is 18.9 Å². The van der Waals surface area contributed by atoms with Crippen LogP contribution in [0.2, 0.25) is 0 Å². The van der Waals surface area contributed by atoms with Crippen LogP contribution in [0.1, 0.15) is 18.4 Å². The molecule has 1 aromatic carbocycles. The van der Waals surface area contributed by atoms with Crippen molar-refractivity contribution in [3.8, 4) is 5.75 Å². The summed E-state index contributed by atoms with van der Waals surface area (Å²) in [5.41, 5.74) is 4.38. The zero-order valence-corrected chi connectivity index (χ0v) is 8.78. The normalized spacial score (nSPS) is 18.8. The average molecular weight is 243 g/mol. The molecule has 92 valence electrons. The summed E-state index contributed by atoms with van der Waals surface area (Å²) in [5, 5.41) is 18.4. The predicted molar refractivity (Wildman–Crippen MR) is 54.5 cm³/mol. The Morgan fingerprint density at radius 3 is 2.47 bits per heavy atom. The topological polar surface area (TPSA) is 83.6 Å². The number of rotatable bonds is 3. The molecular formula is C11H11F2NO3. The number of aromatic hydroxyl groups is 1. The monoisotopic (exact) mass is 243 g/mol. The van der Waals surface area contributed by atoms with Crippen molar-refractivity contribution in [1.29, 1.82) is 0 Å². The van der Waals surface area contributed by atoms with Crippen LogP contribution in [0.5, 0.6) is 5.75 Å².